The Hall–Kier alpha value is -1.65. The molecule has 24 heavy (non-hydrogen) atoms. The third-order valence-corrected chi connectivity index (χ3v) is 3.76. The van der Waals surface area contributed by atoms with Crippen LogP contribution < -0.4 is 10.6 Å². The van der Waals surface area contributed by atoms with E-state index < -0.39 is 0 Å². The normalized spacial score (nSPS) is 12.7. The third-order valence-electron chi connectivity index (χ3n) is 3.76. The molecular weight excluding hydrogens is 421 g/mol. The van der Waals surface area contributed by atoms with Crippen LogP contribution in [0.5, 0.6) is 0 Å². The van der Waals surface area contributed by atoms with Crippen LogP contribution in [0.4, 0.5) is 0 Å². The van der Waals surface area contributed by atoms with Crippen molar-refractivity contribution >= 4 is 29.9 Å². The third kappa shape index (κ3) is 5.18. The average molecular weight is 447 g/mol. The maximum absolute atomic E-state index is 4.95. The predicted molar refractivity (Wildman–Crippen MR) is 104 cm³/mol. The van der Waals surface area contributed by atoms with Crippen molar-refractivity contribution in [3.8, 4) is 0 Å². The Kier molecular flexibility index (Phi) is 7.64. The zero-order chi connectivity index (χ0) is 17.0. The van der Waals surface area contributed by atoms with Gasteiger partial charge >= 0.3 is 0 Å². The maximum atomic E-state index is 4.95. The highest BCUT2D eigenvalue weighted by Crippen LogP contribution is 2.14. The highest BCUT2D eigenvalue weighted by atomic mass is 127. The van der Waals surface area contributed by atoms with E-state index in [1.54, 1.807) is 14.0 Å². The zero-order valence-electron chi connectivity index (χ0n) is 15.0. The minimum atomic E-state index is 0. The summed E-state index contributed by atoms with van der Waals surface area (Å²) in [6.45, 7) is 8.49. The van der Waals surface area contributed by atoms with Crippen molar-refractivity contribution in [2.45, 2.75) is 46.7 Å². The van der Waals surface area contributed by atoms with Crippen LogP contribution >= 0.6 is 24.0 Å². The number of hydrogen-bond donors (Lipinski definition) is 2. The molecule has 0 saturated carbocycles. The molecule has 0 saturated heterocycles. The van der Waals surface area contributed by atoms with Crippen LogP contribution in [0.1, 0.15) is 35.6 Å². The Morgan fingerprint density at radius 3 is 2.54 bits per heavy atom. The fourth-order valence-corrected chi connectivity index (χ4v) is 2.47. The van der Waals surface area contributed by atoms with Crippen molar-refractivity contribution in [3.63, 3.8) is 0 Å². The van der Waals surface area contributed by atoms with Gasteiger partial charge in [-0.15, -0.1) is 24.0 Å². The van der Waals surface area contributed by atoms with E-state index in [0.29, 0.717) is 24.2 Å². The molecule has 0 radical (unpaired) electrons. The second-order valence-electron chi connectivity index (χ2n) is 5.68. The molecule has 1 unspecified atom stereocenters. The van der Waals surface area contributed by atoms with E-state index in [2.05, 4.69) is 44.7 Å². The quantitative estimate of drug-likeness (QED) is 0.412. The van der Waals surface area contributed by atoms with Gasteiger partial charge in [-0.2, -0.15) is 10.1 Å². The van der Waals surface area contributed by atoms with Gasteiger partial charge in [-0.05, 0) is 32.8 Å². The van der Waals surface area contributed by atoms with Crippen LogP contribution in [-0.2, 0) is 20.0 Å². The molecule has 1 atom stereocenters. The Morgan fingerprint density at radius 2 is 2.04 bits per heavy atom. The van der Waals surface area contributed by atoms with Crippen molar-refractivity contribution < 1.29 is 4.52 Å². The first-order valence-corrected chi connectivity index (χ1v) is 7.66. The summed E-state index contributed by atoms with van der Waals surface area (Å²) in [6, 6.07) is 0.217. The van der Waals surface area contributed by atoms with Gasteiger partial charge in [0.2, 0.25) is 5.89 Å². The van der Waals surface area contributed by atoms with Gasteiger partial charge in [-0.25, -0.2) is 0 Å². The first-order valence-electron chi connectivity index (χ1n) is 7.66. The highest BCUT2D eigenvalue weighted by molar-refractivity contribution is 14.0. The monoisotopic (exact) mass is 447 g/mol. The number of rotatable bonds is 5. The van der Waals surface area contributed by atoms with Gasteiger partial charge in [0.1, 0.15) is 0 Å². The zero-order valence-corrected chi connectivity index (χ0v) is 17.4. The van der Waals surface area contributed by atoms with E-state index in [0.717, 1.165) is 12.1 Å². The fourth-order valence-electron chi connectivity index (χ4n) is 2.47. The standard InChI is InChI=1S/C15H25N7O.HI/c1-9(7-13-10(2)20-22(6)11(13)3)18-15(16-5)17-8-14-19-12(4)23-21-14;/h9H,7-8H2,1-6H3,(H2,16,17,18);1H. The summed E-state index contributed by atoms with van der Waals surface area (Å²) >= 11 is 0. The molecule has 8 nitrogen and oxygen atoms in total. The molecule has 9 heteroatoms. The number of aryl methyl sites for hydroxylation is 3. The van der Waals surface area contributed by atoms with Crippen LogP contribution in [0.3, 0.4) is 0 Å². The Labute approximate surface area is 159 Å². The smallest absolute Gasteiger partial charge is 0.223 e. The SMILES string of the molecule is CN=C(NCc1noc(C)n1)NC(C)Cc1c(C)nn(C)c1C.I. The fraction of sp³-hybridized carbons (Fsp3) is 0.600. The van der Waals surface area contributed by atoms with E-state index in [1.165, 1.54) is 11.3 Å². The van der Waals surface area contributed by atoms with Crippen molar-refractivity contribution in [2.75, 3.05) is 7.05 Å². The summed E-state index contributed by atoms with van der Waals surface area (Å²) < 4.78 is 6.87. The van der Waals surface area contributed by atoms with E-state index in [1.807, 2.05) is 18.7 Å². The van der Waals surface area contributed by atoms with E-state index >= 15 is 0 Å². The lowest BCUT2D eigenvalue weighted by molar-refractivity contribution is 0.386. The molecule has 0 aliphatic heterocycles. The number of aliphatic imine (C=N–C) groups is 1. The summed E-state index contributed by atoms with van der Waals surface area (Å²) in [7, 11) is 3.71. The molecule has 0 amide bonds. The number of hydrogen-bond acceptors (Lipinski definition) is 5. The highest BCUT2D eigenvalue weighted by Gasteiger charge is 2.14. The lowest BCUT2D eigenvalue weighted by Crippen LogP contribution is -2.43. The van der Waals surface area contributed by atoms with Crippen molar-refractivity contribution in [1.29, 1.82) is 0 Å². The van der Waals surface area contributed by atoms with Gasteiger partial charge in [-0.1, -0.05) is 5.16 Å². The Morgan fingerprint density at radius 1 is 1.33 bits per heavy atom. The van der Waals surface area contributed by atoms with Crippen molar-refractivity contribution in [2.24, 2.45) is 12.0 Å². The molecule has 0 aliphatic rings. The molecule has 2 heterocycles. The molecule has 2 N–H and O–H groups in total. The second-order valence-corrected chi connectivity index (χ2v) is 5.68. The first-order chi connectivity index (χ1) is 10.9. The van der Waals surface area contributed by atoms with Crippen molar-refractivity contribution in [3.05, 3.63) is 28.7 Å². The second kappa shape index (κ2) is 9.00. The molecule has 2 aromatic rings. The molecule has 0 fully saturated rings. The van der Waals surface area contributed by atoms with Crippen LogP contribution in [-0.4, -0.2) is 39.0 Å². The average Bonchev–Trinajstić information content (AvgIpc) is 3.02. The van der Waals surface area contributed by atoms with Crippen LogP contribution in [0, 0.1) is 20.8 Å². The summed E-state index contributed by atoms with van der Waals surface area (Å²) in [6.07, 6.45) is 0.882. The molecule has 0 bridgehead atoms. The van der Waals surface area contributed by atoms with Gasteiger partial charge in [0.05, 0.1) is 12.2 Å². The topological polar surface area (TPSA) is 93.2 Å². The molecule has 2 rings (SSSR count). The van der Waals surface area contributed by atoms with E-state index in [-0.39, 0.29) is 30.0 Å². The number of nitrogens with zero attached hydrogens (tertiary/aromatic N) is 5. The van der Waals surface area contributed by atoms with E-state index in [9.17, 15) is 0 Å². The van der Waals surface area contributed by atoms with Crippen molar-refractivity contribution in [1.82, 2.24) is 30.6 Å². The van der Waals surface area contributed by atoms with Crippen LogP contribution in [0.2, 0.25) is 0 Å². The van der Waals surface area contributed by atoms with E-state index in [4.69, 9.17) is 4.52 Å². The number of halogens is 1. The maximum Gasteiger partial charge on any atom is 0.223 e. The van der Waals surface area contributed by atoms with Gasteiger partial charge in [0.25, 0.3) is 0 Å². The predicted octanol–water partition coefficient (Wildman–Crippen LogP) is 1.64. The first kappa shape index (κ1) is 20.4. The summed E-state index contributed by atoms with van der Waals surface area (Å²) in [5.41, 5.74) is 3.54. The molecule has 0 spiro atoms. The van der Waals surface area contributed by atoms with Crippen LogP contribution in [0.15, 0.2) is 9.52 Å². The number of aromatic nitrogens is 4. The lowest BCUT2D eigenvalue weighted by Gasteiger charge is -2.17. The minimum Gasteiger partial charge on any atom is -0.354 e. The van der Waals surface area contributed by atoms with Crippen LogP contribution in [0.25, 0.3) is 0 Å². The molecule has 2 aromatic heterocycles. The van der Waals surface area contributed by atoms with Gasteiger partial charge < -0.3 is 15.2 Å². The summed E-state index contributed by atoms with van der Waals surface area (Å²) in [5.74, 6) is 1.87. The lowest BCUT2D eigenvalue weighted by atomic mass is 10.1. The minimum absolute atomic E-state index is 0. The van der Waals surface area contributed by atoms with Gasteiger partial charge in [0, 0.05) is 32.8 Å². The number of nitrogens with one attached hydrogen (secondary N) is 2. The molecule has 0 aromatic carbocycles. The largest absolute Gasteiger partial charge is 0.354 e. The van der Waals surface area contributed by atoms with Gasteiger partial charge in [0.15, 0.2) is 11.8 Å². The summed E-state index contributed by atoms with van der Waals surface area (Å²) in [4.78, 5) is 8.38. The molecule has 134 valence electrons. The number of guanidine groups is 1. The Balaban J connectivity index is 0.00000288. The van der Waals surface area contributed by atoms with Gasteiger partial charge in [-0.3, -0.25) is 9.67 Å². The summed E-state index contributed by atoms with van der Waals surface area (Å²) in [5, 5.41) is 14.9. The molecule has 0 aliphatic carbocycles. The molecular formula is C15H26IN7O. The Bertz CT molecular complexity index is 692.